The zero-order valence-corrected chi connectivity index (χ0v) is 9.74. The SMILES string of the molecule is COc1cc(N)ccc1OCC1CCCC1. The summed E-state index contributed by atoms with van der Waals surface area (Å²) in [7, 11) is 1.64. The highest BCUT2D eigenvalue weighted by molar-refractivity contribution is 5.51. The van der Waals surface area contributed by atoms with E-state index in [0.29, 0.717) is 11.6 Å². The molecule has 0 bridgehead atoms. The Kier molecular flexibility index (Phi) is 3.54. The van der Waals surface area contributed by atoms with Gasteiger partial charge in [-0.1, -0.05) is 12.8 Å². The minimum Gasteiger partial charge on any atom is -0.493 e. The van der Waals surface area contributed by atoms with Crippen molar-refractivity contribution in [1.29, 1.82) is 0 Å². The Hall–Kier alpha value is -1.38. The van der Waals surface area contributed by atoms with Gasteiger partial charge >= 0.3 is 0 Å². The number of ether oxygens (including phenoxy) is 2. The summed E-state index contributed by atoms with van der Waals surface area (Å²) < 4.78 is 11.0. The standard InChI is InChI=1S/C13H19NO2/c1-15-13-8-11(14)6-7-12(13)16-9-10-4-2-3-5-10/h6-8,10H,2-5,9,14H2,1H3. The predicted molar refractivity (Wildman–Crippen MR) is 64.9 cm³/mol. The summed E-state index contributed by atoms with van der Waals surface area (Å²) in [5, 5.41) is 0. The number of nitrogens with two attached hydrogens (primary N) is 1. The van der Waals surface area contributed by atoms with Gasteiger partial charge < -0.3 is 15.2 Å². The van der Waals surface area contributed by atoms with Crippen LogP contribution in [0.4, 0.5) is 5.69 Å². The lowest BCUT2D eigenvalue weighted by Crippen LogP contribution is -2.08. The van der Waals surface area contributed by atoms with E-state index in [1.807, 2.05) is 12.1 Å². The van der Waals surface area contributed by atoms with Crippen LogP contribution >= 0.6 is 0 Å². The van der Waals surface area contributed by atoms with Crippen molar-refractivity contribution in [3.8, 4) is 11.5 Å². The maximum Gasteiger partial charge on any atom is 0.162 e. The predicted octanol–water partition coefficient (Wildman–Crippen LogP) is 2.85. The first-order valence-corrected chi connectivity index (χ1v) is 5.86. The normalized spacial score (nSPS) is 16.3. The van der Waals surface area contributed by atoms with E-state index < -0.39 is 0 Å². The molecule has 3 nitrogen and oxygen atoms in total. The number of rotatable bonds is 4. The van der Waals surface area contributed by atoms with Gasteiger partial charge in [-0.3, -0.25) is 0 Å². The second-order valence-corrected chi connectivity index (χ2v) is 4.37. The van der Waals surface area contributed by atoms with Crippen LogP contribution in [0.2, 0.25) is 0 Å². The highest BCUT2D eigenvalue weighted by Gasteiger charge is 2.16. The summed E-state index contributed by atoms with van der Waals surface area (Å²) >= 11 is 0. The Morgan fingerprint density at radius 2 is 2.00 bits per heavy atom. The second-order valence-electron chi connectivity index (χ2n) is 4.37. The molecule has 0 amide bonds. The van der Waals surface area contributed by atoms with E-state index in [1.54, 1.807) is 13.2 Å². The fraction of sp³-hybridized carbons (Fsp3) is 0.538. The zero-order chi connectivity index (χ0) is 11.4. The molecular formula is C13H19NO2. The number of nitrogen functional groups attached to an aromatic ring is 1. The van der Waals surface area contributed by atoms with Crippen LogP contribution in [-0.4, -0.2) is 13.7 Å². The van der Waals surface area contributed by atoms with E-state index in [-0.39, 0.29) is 0 Å². The Bertz CT molecular complexity index is 346. The van der Waals surface area contributed by atoms with E-state index in [1.165, 1.54) is 25.7 Å². The summed E-state index contributed by atoms with van der Waals surface area (Å²) in [6, 6.07) is 5.51. The van der Waals surface area contributed by atoms with Crippen molar-refractivity contribution in [3.05, 3.63) is 18.2 Å². The van der Waals surface area contributed by atoms with Crippen LogP contribution in [0, 0.1) is 5.92 Å². The Labute approximate surface area is 96.5 Å². The molecular weight excluding hydrogens is 202 g/mol. The number of hydrogen-bond acceptors (Lipinski definition) is 3. The first-order valence-electron chi connectivity index (χ1n) is 5.86. The molecule has 1 saturated carbocycles. The third-order valence-electron chi connectivity index (χ3n) is 3.14. The van der Waals surface area contributed by atoms with Crippen LogP contribution in [0.5, 0.6) is 11.5 Å². The molecule has 0 heterocycles. The molecule has 1 aliphatic rings. The minimum atomic E-state index is 0.699. The van der Waals surface area contributed by atoms with Crippen LogP contribution in [0.3, 0.4) is 0 Å². The molecule has 1 aromatic carbocycles. The first kappa shape index (κ1) is 11.1. The molecule has 0 spiro atoms. The van der Waals surface area contributed by atoms with Gasteiger partial charge in [0.05, 0.1) is 13.7 Å². The van der Waals surface area contributed by atoms with Gasteiger partial charge in [-0.25, -0.2) is 0 Å². The van der Waals surface area contributed by atoms with Crippen molar-refractivity contribution >= 4 is 5.69 Å². The molecule has 0 saturated heterocycles. The fourth-order valence-corrected chi connectivity index (χ4v) is 2.19. The van der Waals surface area contributed by atoms with Gasteiger partial charge in [-0.2, -0.15) is 0 Å². The van der Waals surface area contributed by atoms with Crippen molar-refractivity contribution in [2.75, 3.05) is 19.5 Å². The monoisotopic (exact) mass is 221 g/mol. The van der Waals surface area contributed by atoms with Gasteiger partial charge in [0.1, 0.15) is 0 Å². The van der Waals surface area contributed by atoms with Crippen molar-refractivity contribution in [2.24, 2.45) is 5.92 Å². The van der Waals surface area contributed by atoms with E-state index in [9.17, 15) is 0 Å². The topological polar surface area (TPSA) is 44.5 Å². The molecule has 1 aliphatic carbocycles. The van der Waals surface area contributed by atoms with Crippen LogP contribution in [-0.2, 0) is 0 Å². The Balaban J connectivity index is 1.97. The minimum absolute atomic E-state index is 0.699. The largest absolute Gasteiger partial charge is 0.493 e. The molecule has 1 fully saturated rings. The third kappa shape index (κ3) is 2.60. The molecule has 2 rings (SSSR count). The van der Waals surface area contributed by atoms with Crippen molar-refractivity contribution in [1.82, 2.24) is 0 Å². The number of methoxy groups -OCH3 is 1. The summed E-state index contributed by atoms with van der Waals surface area (Å²) in [6.45, 7) is 0.792. The van der Waals surface area contributed by atoms with Crippen LogP contribution in [0.15, 0.2) is 18.2 Å². The molecule has 3 heteroatoms. The van der Waals surface area contributed by atoms with Crippen LogP contribution in [0.25, 0.3) is 0 Å². The van der Waals surface area contributed by atoms with E-state index in [4.69, 9.17) is 15.2 Å². The molecule has 0 aliphatic heterocycles. The molecule has 1 aromatic rings. The van der Waals surface area contributed by atoms with E-state index in [2.05, 4.69) is 0 Å². The van der Waals surface area contributed by atoms with Crippen molar-refractivity contribution < 1.29 is 9.47 Å². The van der Waals surface area contributed by atoms with Crippen LogP contribution < -0.4 is 15.2 Å². The Morgan fingerprint density at radius 3 is 2.69 bits per heavy atom. The lowest BCUT2D eigenvalue weighted by Gasteiger charge is -2.14. The van der Waals surface area contributed by atoms with Gasteiger partial charge in [0, 0.05) is 11.8 Å². The quantitative estimate of drug-likeness (QED) is 0.795. The molecule has 0 unspecified atom stereocenters. The molecule has 0 aromatic heterocycles. The second kappa shape index (κ2) is 5.10. The average Bonchev–Trinajstić information content (AvgIpc) is 2.80. The summed E-state index contributed by atoms with van der Waals surface area (Å²) in [6.07, 6.45) is 5.26. The first-order chi connectivity index (χ1) is 7.79. The Morgan fingerprint density at radius 1 is 1.25 bits per heavy atom. The van der Waals surface area contributed by atoms with Gasteiger partial charge in [0.25, 0.3) is 0 Å². The van der Waals surface area contributed by atoms with E-state index >= 15 is 0 Å². The average molecular weight is 221 g/mol. The van der Waals surface area contributed by atoms with Crippen LogP contribution in [0.1, 0.15) is 25.7 Å². The molecule has 16 heavy (non-hydrogen) atoms. The van der Waals surface area contributed by atoms with Gasteiger partial charge in [0.15, 0.2) is 11.5 Å². The lowest BCUT2D eigenvalue weighted by atomic mass is 10.1. The molecule has 2 N–H and O–H groups in total. The van der Waals surface area contributed by atoms with Gasteiger partial charge in [-0.15, -0.1) is 0 Å². The fourth-order valence-electron chi connectivity index (χ4n) is 2.19. The van der Waals surface area contributed by atoms with Crippen molar-refractivity contribution in [2.45, 2.75) is 25.7 Å². The molecule has 0 atom stereocenters. The number of benzene rings is 1. The van der Waals surface area contributed by atoms with Crippen molar-refractivity contribution in [3.63, 3.8) is 0 Å². The number of hydrogen-bond donors (Lipinski definition) is 1. The van der Waals surface area contributed by atoms with Gasteiger partial charge in [-0.05, 0) is 30.9 Å². The van der Waals surface area contributed by atoms with Gasteiger partial charge in [0.2, 0.25) is 0 Å². The number of anilines is 1. The summed E-state index contributed by atoms with van der Waals surface area (Å²) in [5.74, 6) is 2.23. The highest BCUT2D eigenvalue weighted by Crippen LogP contribution is 2.31. The molecule has 0 radical (unpaired) electrons. The van der Waals surface area contributed by atoms with E-state index in [0.717, 1.165) is 18.1 Å². The summed E-state index contributed by atoms with van der Waals surface area (Å²) in [4.78, 5) is 0. The zero-order valence-electron chi connectivity index (χ0n) is 9.74. The maximum atomic E-state index is 5.79. The smallest absolute Gasteiger partial charge is 0.162 e. The lowest BCUT2D eigenvalue weighted by molar-refractivity contribution is 0.241. The summed E-state index contributed by atoms with van der Waals surface area (Å²) in [5.41, 5.74) is 6.38. The highest BCUT2D eigenvalue weighted by atomic mass is 16.5. The maximum absolute atomic E-state index is 5.79. The molecule has 88 valence electrons. The third-order valence-corrected chi connectivity index (χ3v) is 3.14.